The summed E-state index contributed by atoms with van der Waals surface area (Å²) in [6, 6.07) is 6.50. The van der Waals surface area contributed by atoms with Crippen molar-refractivity contribution in [1.82, 2.24) is 14.9 Å². The molecule has 0 spiro atoms. The molecule has 2 aromatic rings. The largest absolute Gasteiger partial charge is 0.462 e. The summed E-state index contributed by atoms with van der Waals surface area (Å²) in [5.41, 5.74) is 1.41. The average Bonchev–Trinajstić information content (AvgIpc) is 3.04. The van der Waals surface area contributed by atoms with Gasteiger partial charge in [-0.15, -0.1) is 0 Å². The third-order valence-electron chi connectivity index (χ3n) is 5.44. The second-order valence-corrected chi connectivity index (χ2v) is 9.24. The highest BCUT2D eigenvalue weighted by Crippen LogP contribution is 2.33. The monoisotopic (exact) mass is 455 g/mol. The minimum atomic E-state index is -0.604. The zero-order valence-corrected chi connectivity index (χ0v) is 20.1. The fourth-order valence-electron chi connectivity index (χ4n) is 3.92. The number of aromatic nitrogens is 2. The van der Waals surface area contributed by atoms with Crippen molar-refractivity contribution in [3.63, 3.8) is 0 Å². The molecule has 0 bridgehead atoms. The van der Waals surface area contributed by atoms with Gasteiger partial charge in [-0.2, -0.15) is 0 Å². The van der Waals surface area contributed by atoms with Crippen LogP contribution in [-0.2, 0) is 9.47 Å². The number of imidazole rings is 1. The highest BCUT2D eigenvalue weighted by atomic mass is 16.6. The van der Waals surface area contributed by atoms with Crippen molar-refractivity contribution in [2.24, 2.45) is 0 Å². The van der Waals surface area contributed by atoms with Gasteiger partial charge in [-0.05, 0) is 52.7 Å². The average molecular weight is 456 g/mol. The molecule has 1 aromatic heterocycles. The zero-order chi connectivity index (χ0) is 24.2. The number of ether oxygens (including phenoxy) is 2. The number of esters is 1. The fraction of sp³-hybridized carbons (Fsp3) is 0.520. The summed E-state index contributed by atoms with van der Waals surface area (Å²) in [5.74, 6) is 0.0121. The van der Waals surface area contributed by atoms with E-state index in [4.69, 9.17) is 14.5 Å². The van der Waals surface area contributed by atoms with Crippen LogP contribution in [0.15, 0.2) is 24.3 Å². The van der Waals surface area contributed by atoms with Gasteiger partial charge in [0.05, 0.1) is 23.9 Å². The highest BCUT2D eigenvalue weighted by molar-refractivity contribution is 5.98. The van der Waals surface area contributed by atoms with E-state index in [9.17, 15) is 14.4 Å². The van der Waals surface area contributed by atoms with E-state index in [2.05, 4.69) is 4.98 Å². The quantitative estimate of drug-likeness (QED) is 0.484. The number of hydrogen-bond acceptors (Lipinski definition) is 6. The molecule has 1 aliphatic heterocycles. The summed E-state index contributed by atoms with van der Waals surface area (Å²) >= 11 is 0. The first kappa shape index (κ1) is 24.5. The second-order valence-electron chi connectivity index (χ2n) is 9.24. The third-order valence-corrected chi connectivity index (χ3v) is 5.44. The number of likely N-dealkylation sites (tertiary alicyclic amines) is 1. The molecule has 3 rings (SSSR count). The van der Waals surface area contributed by atoms with Gasteiger partial charge in [0.15, 0.2) is 5.78 Å². The minimum Gasteiger partial charge on any atom is -0.462 e. The Morgan fingerprint density at radius 3 is 2.42 bits per heavy atom. The molecule has 1 saturated heterocycles. The van der Waals surface area contributed by atoms with E-state index >= 15 is 0 Å². The van der Waals surface area contributed by atoms with Crippen LogP contribution < -0.4 is 0 Å². The van der Waals surface area contributed by atoms with Crippen molar-refractivity contribution in [2.75, 3.05) is 13.2 Å². The minimum absolute atomic E-state index is 0.157. The molecule has 8 nitrogen and oxygen atoms in total. The first-order valence-electron chi connectivity index (χ1n) is 11.5. The Kier molecular flexibility index (Phi) is 7.56. The lowest BCUT2D eigenvalue weighted by molar-refractivity contribution is 0.0155. The first-order valence-corrected chi connectivity index (χ1v) is 11.5. The van der Waals surface area contributed by atoms with Crippen molar-refractivity contribution in [3.05, 3.63) is 41.3 Å². The molecule has 8 heteroatoms. The van der Waals surface area contributed by atoms with Crippen LogP contribution in [0.5, 0.6) is 0 Å². The lowest BCUT2D eigenvalue weighted by Gasteiger charge is -2.31. The Morgan fingerprint density at radius 1 is 1.12 bits per heavy atom. The molecular weight excluding hydrogens is 422 g/mol. The van der Waals surface area contributed by atoms with E-state index in [1.165, 1.54) is 6.92 Å². The summed E-state index contributed by atoms with van der Waals surface area (Å²) in [7, 11) is 0. The van der Waals surface area contributed by atoms with E-state index in [-0.39, 0.29) is 17.9 Å². The van der Waals surface area contributed by atoms with E-state index in [1.54, 1.807) is 36.1 Å². The van der Waals surface area contributed by atoms with Crippen molar-refractivity contribution in [1.29, 1.82) is 0 Å². The van der Waals surface area contributed by atoms with Gasteiger partial charge in [-0.3, -0.25) is 9.69 Å². The number of ketones is 1. The predicted octanol–water partition coefficient (Wildman–Crippen LogP) is 5.31. The van der Waals surface area contributed by atoms with Crippen LogP contribution >= 0.6 is 0 Å². The Hall–Kier alpha value is -3.16. The standard InChI is InChI=1S/C25H33N3O5/c1-6-32-23(30)18-13-11-17(12-14-18)21-20(16(2)29)26-22(27-21)19-10-8-7-9-15-28(19)24(31)33-25(3,4)5/h11-14,19H,6-10,15H2,1-5H3,(H,26,27). The normalized spacial score (nSPS) is 16.8. The van der Waals surface area contributed by atoms with E-state index < -0.39 is 11.6 Å². The van der Waals surface area contributed by atoms with Crippen molar-refractivity contribution >= 4 is 17.8 Å². The summed E-state index contributed by atoms with van der Waals surface area (Å²) < 4.78 is 10.7. The Bertz CT molecular complexity index is 1000. The number of H-pyrrole nitrogens is 1. The number of nitrogens with one attached hydrogen (secondary N) is 1. The number of amides is 1. The number of carbonyl (C=O) groups is 3. The Labute approximate surface area is 194 Å². The van der Waals surface area contributed by atoms with Gasteiger partial charge in [0.25, 0.3) is 0 Å². The zero-order valence-electron chi connectivity index (χ0n) is 20.1. The van der Waals surface area contributed by atoms with E-state index in [0.717, 1.165) is 25.7 Å². The highest BCUT2D eigenvalue weighted by Gasteiger charge is 2.33. The number of Topliss-reactive ketones (excluding diaryl/α,β-unsaturated/α-hetero) is 1. The molecule has 0 saturated carbocycles. The molecular formula is C25H33N3O5. The Balaban J connectivity index is 1.96. The lowest BCUT2D eigenvalue weighted by Crippen LogP contribution is -2.39. The fourth-order valence-corrected chi connectivity index (χ4v) is 3.92. The van der Waals surface area contributed by atoms with Crippen molar-refractivity contribution in [2.45, 2.75) is 71.9 Å². The summed E-state index contributed by atoms with van der Waals surface area (Å²) in [4.78, 5) is 47.0. The maximum atomic E-state index is 13.0. The van der Waals surface area contributed by atoms with Crippen LogP contribution in [0.1, 0.15) is 93.0 Å². The molecule has 1 fully saturated rings. The van der Waals surface area contributed by atoms with Gasteiger partial charge >= 0.3 is 12.1 Å². The van der Waals surface area contributed by atoms with Gasteiger partial charge in [0, 0.05) is 19.0 Å². The van der Waals surface area contributed by atoms with Crippen LogP contribution in [0.3, 0.4) is 0 Å². The molecule has 0 radical (unpaired) electrons. The molecule has 1 amide bonds. The van der Waals surface area contributed by atoms with Gasteiger partial charge in [0.1, 0.15) is 17.1 Å². The SMILES string of the molecule is CCOC(=O)c1ccc(-c2nc(C3CCCCCN3C(=O)OC(C)(C)C)[nH]c2C(C)=O)cc1. The maximum Gasteiger partial charge on any atom is 0.410 e. The van der Waals surface area contributed by atoms with Crippen LogP contribution in [0.25, 0.3) is 11.3 Å². The summed E-state index contributed by atoms with van der Waals surface area (Å²) in [5, 5.41) is 0. The van der Waals surface area contributed by atoms with Crippen molar-refractivity contribution < 1.29 is 23.9 Å². The van der Waals surface area contributed by atoms with E-state index in [1.807, 2.05) is 20.8 Å². The molecule has 1 aromatic carbocycles. The summed E-state index contributed by atoms with van der Waals surface area (Å²) in [6.07, 6.45) is 3.20. The predicted molar refractivity (Wildman–Crippen MR) is 124 cm³/mol. The number of benzene rings is 1. The van der Waals surface area contributed by atoms with Crippen LogP contribution in [-0.4, -0.2) is 51.5 Å². The molecule has 1 unspecified atom stereocenters. The van der Waals surface area contributed by atoms with Crippen molar-refractivity contribution in [3.8, 4) is 11.3 Å². The molecule has 33 heavy (non-hydrogen) atoms. The second kappa shape index (κ2) is 10.2. The third kappa shape index (κ3) is 6.00. The number of carbonyl (C=O) groups excluding carboxylic acids is 3. The van der Waals surface area contributed by atoms with Gasteiger partial charge < -0.3 is 14.5 Å². The molecule has 2 heterocycles. The maximum absolute atomic E-state index is 13.0. The van der Waals surface area contributed by atoms with Gasteiger partial charge in [0.2, 0.25) is 0 Å². The van der Waals surface area contributed by atoms with Gasteiger partial charge in [-0.1, -0.05) is 25.0 Å². The topological polar surface area (TPSA) is 102 Å². The Morgan fingerprint density at radius 2 is 1.82 bits per heavy atom. The molecule has 1 N–H and O–H groups in total. The molecule has 0 aliphatic carbocycles. The first-order chi connectivity index (χ1) is 15.6. The number of rotatable bonds is 5. The van der Waals surface area contributed by atoms with Gasteiger partial charge in [-0.25, -0.2) is 14.6 Å². The summed E-state index contributed by atoms with van der Waals surface area (Å²) in [6.45, 7) is 9.63. The smallest absolute Gasteiger partial charge is 0.410 e. The number of nitrogens with zero attached hydrogens (tertiary/aromatic N) is 2. The van der Waals surface area contributed by atoms with Crippen LogP contribution in [0, 0.1) is 0 Å². The molecule has 178 valence electrons. The molecule has 1 aliphatic rings. The van der Waals surface area contributed by atoms with Crippen LogP contribution in [0.4, 0.5) is 4.79 Å². The lowest BCUT2D eigenvalue weighted by atomic mass is 10.1. The number of aromatic amines is 1. The van der Waals surface area contributed by atoms with Crippen LogP contribution in [0.2, 0.25) is 0 Å². The van der Waals surface area contributed by atoms with E-state index in [0.29, 0.717) is 41.5 Å². The molecule has 1 atom stereocenters. The number of hydrogen-bond donors (Lipinski definition) is 1.